The monoisotopic (exact) mass is 371 g/mol. The summed E-state index contributed by atoms with van der Waals surface area (Å²) < 4.78 is 28.5. The molecule has 0 bridgehead atoms. The van der Waals surface area contributed by atoms with E-state index in [1.54, 1.807) is 6.07 Å². The Balaban J connectivity index is 2.98. The van der Waals surface area contributed by atoms with Gasteiger partial charge >= 0.3 is 0 Å². The second kappa shape index (κ2) is 8.37. The Morgan fingerprint density at radius 3 is 2.33 bits per heavy atom. The summed E-state index contributed by atoms with van der Waals surface area (Å²) in [7, 11) is 0. The normalized spacial score (nSPS) is 12.9. The van der Waals surface area contributed by atoms with Crippen molar-refractivity contribution in [3.05, 3.63) is 82.3 Å². The molecule has 0 unspecified atom stereocenters. The van der Waals surface area contributed by atoms with E-state index in [-0.39, 0.29) is 23.3 Å². The number of rotatable bonds is 4. The number of hydrogen-bond acceptors (Lipinski definition) is 2. The highest BCUT2D eigenvalue weighted by Crippen LogP contribution is 2.19. The minimum Gasteiger partial charge on any atom is -0.392 e. The molecular weight excluding hydrogens is 352 g/mol. The maximum atomic E-state index is 14.3. The molecule has 7 heteroatoms. The number of benzene rings is 2. The molecule has 2 rings (SSSR count). The fraction of sp³-hybridized carbons (Fsp3) is 0.100. The van der Waals surface area contributed by atoms with E-state index in [4.69, 9.17) is 11.5 Å². The van der Waals surface area contributed by atoms with Crippen LogP contribution in [0, 0.1) is 11.6 Å². The number of carbonyl (C=O) groups excluding carboxylic acids is 1. The summed E-state index contributed by atoms with van der Waals surface area (Å²) in [5.41, 5.74) is 11.0. The van der Waals surface area contributed by atoms with E-state index in [0.29, 0.717) is 16.0 Å². The third-order valence-corrected chi connectivity index (χ3v) is 4.00. The highest BCUT2D eigenvalue weighted by molar-refractivity contribution is 6.02. The maximum Gasteiger partial charge on any atom is 0.280 e. The van der Waals surface area contributed by atoms with Gasteiger partial charge in [-0.1, -0.05) is 24.8 Å². The highest BCUT2D eigenvalue weighted by Gasteiger charge is 2.13. The first-order valence-corrected chi connectivity index (χ1v) is 7.96. The van der Waals surface area contributed by atoms with Crippen molar-refractivity contribution in [3.63, 3.8) is 0 Å². The standard InChI is InChI=1S/C20H19F2N3O2/c1-3-12(10-26)14-8-7-13(19(27)25-20(23)24)9-15(14)11(2)18-16(21)5-4-6-17(18)22/h3-9,26H,1,10H2,2H3,(H4,23,24,25,27)/b14-12+,15-11+. The smallest absolute Gasteiger partial charge is 0.280 e. The first-order valence-electron chi connectivity index (χ1n) is 7.96. The van der Waals surface area contributed by atoms with Gasteiger partial charge in [0.25, 0.3) is 5.91 Å². The molecule has 0 atom stereocenters. The molecule has 5 N–H and O–H groups in total. The molecule has 0 heterocycles. The lowest BCUT2D eigenvalue weighted by molar-refractivity contribution is 0.100. The number of carbonyl (C=O) groups is 1. The van der Waals surface area contributed by atoms with Crippen molar-refractivity contribution in [1.29, 1.82) is 0 Å². The average molecular weight is 371 g/mol. The summed E-state index contributed by atoms with van der Waals surface area (Å²) in [6.45, 7) is 4.82. The number of halogens is 2. The molecule has 0 aliphatic carbocycles. The van der Waals surface area contributed by atoms with Gasteiger partial charge in [0.1, 0.15) is 11.6 Å². The molecule has 0 fully saturated rings. The molecule has 0 saturated heterocycles. The van der Waals surface area contributed by atoms with E-state index in [2.05, 4.69) is 11.6 Å². The van der Waals surface area contributed by atoms with Crippen LogP contribution in [0.1, 0.15) is 22.8 Å². The Labute approximate surface area is 154 Å². The van der Waals surface area contributed by atoms with Gasteiger partial charge in [0.05, 0.1) is 6.61 Å². The number of aliphatic hydroxyl groups is 1. The molecule has 0 aliphatic rings. The average Bonchev–Trinajstić information content (AvgIpc) is 2.62. The predicted octanol–water partition coefficient (Wildman–Crippen LogP) is 0.926. The summed E-state index contributed by atoms with van der Waals surface area (Å²) >= 11 is 0. The lowest BCUT2D eigenvalue weighted by atomic mass is 9.98. The zero-order valence-electron chi connectivity index (χ0n) is 14.7. The summed E-state index contributed by atoms with van der Waals surface area (Å²) in [5.74, 6) is -2.60. The number of guanidine groups is 1. The van der Waals surface area contributed by atoms with Gasteiger partial charge in [-0.2, -0.15) is 4.99 Å². The van der Waals surface area contributed by atoms with Gasteiger partial charge in [-0.05, 0) is 52.8 Å². The molecule has 27 heavy (non-hydrogen) atoms. The number of aliphatic hydroxyl groups excluding tert-OH is 1. The topological polar surface area (TPSA) is 102 Å². The van der Waals surface area contributed by atoms with Crippen LogP contribution in [0.4, 0.5) is 8.78 Å². The fourth-order valence-electron chi connectivity index (χ4n) is 2.70. The van der Waals surface area contributed by atoms with Gasteiger partial charge in [-0.15, -0.1) is 0 Å². The number of hydrogen-bond donors (Lipinski definition) is 3. The molecule has 0 aliphatic heterocycles. The van der Waals surface area contributed by atoms with Gasteiger partial charge in [0.2, 0.25) is 0 Å². The van der Waals surface area contributed by atoms with E-state index in [1.165, 1.54) is 31.2 Å². The van der Waals surface area contributed by atoms with Crippen LogP contribution in [0.15, 0.2) is 54.0 Å². The van der Waals surface area contributed by atoms with Crippen LogP contribution in [0.3, 0.4) is 0 Å². The number of nitrogens with zero attached hydrogens (tertiary/aromatic N) is 1. The third kappa shape index (κ3) is 4.27. The minimum absolute atomic E-state index is 0.125. The Morgan fingerprint density at radius 2 is 1.81 bits per heavy atom. The van der Waals surface area contributed by atoms with Crippen LogP contribution in [-0.4, -0.2) is 23.6 Å². The first-order chi connectivity index (χ1) is 12.8. The second-order valence-electron chi connectivity index (χ2n) is 5.71. The maximum absolute atomic E-state index is 14.3. The van der Waals surface area contributed by atoms with Crippen molar-refractivity contribution >= 4 is 23.0 Å². The highest BCUT2D eigenvalue weighted by atomic mass is 19.1. The van der Waals surface area contributed by atoms with Gasteiger partial charge in [0.15, 0.2) is 5.96 Å². The molecular formula is C20H19F2N3O2. The molecule has 5 nitrogen and oxygen atoms in total. The lowest BCUT2D eigenvalue weighted by Crippen LogP contribution is -2.31. The van der Waals surface area contributed by atoms with Crippen LogP contribution in [0.2, 0.25) is 0 Å². The molecule has 0 radical (unpaired) electrons. The van der Waals surface area contributed by atoms with Gasteiger partial charge in [-0.3, -0.25) is 4.79 Å². The van der Waals surface area contributed by atoms with E-state index >= 15 is 0 Å². The molecule has 2 aromatic carbocycles. The zero-order valence-corrected chi connectivity index (χ0v) is 14.7. The van der Waals surface area contributed by atoms with E-state index in [9.17, 15) is 18.7 Å². The van der Waals surface area contributed by atoms with Gasteiger partial charge < -0.3 is 16.6 Å². The number of nitrogens with two attached hydrogens (primary N) is 2. The van der Waals surface area contributed by atoms with Crippen LogP contribution in [0.5, 0.6) is 0 Å². The molecule has 1 amide bonds. The largest absolute Gasteiger partial charge is 0.392 e. The Morgan fingerprint density at radius 1 is 1.19 bits per heavy atom. The molecule has 2 aromatic rings. The minimum atomic E-state index is -0.747. The van der Waals surface area contributed by atoms with Crippen LogP contribution >= 0.6 is 0 Å². The lowest BCUT2D eigenvalue weighted by Gasteiger charge is -2.08. The molecule has 0 saturated carbocycles. The van der Waals surface area contributed by atoms with Crippen LogP contribution < -0.4 is 21.9 Å². The van der Waals surface area contributed by atoms with Gasteiger partial charge in [0, 0.05) is 11.1 Å². The van der Waals surface area contributed by atoms with Crippen molar-refractivity contribution in [2.45, 2.75) is 6.92 Å². The van der Waals surface area contributed by atoms with E-state index < -0.39 is 23.5 Å². The molecule has 140 valence electrons. The summed E-state index contributed by atoms with van der Waals surface area (Å²) in [4.78, 5) is 15.6. The number of aliphatic imine (C=N–C) groups is 1. The zero-order chi connectivity index (χ0) is 20.1. The van der Waals surface area contributed by atoms with Crippen molar-refractivity contribution in [1.82, 2.24) is 0 Å². The van der Waals surface area contributed by atoms with Crippen molar-refractivity contribution in [2.24, 2.45) is 16.5 Å². The Bertz CT molecular complexity index is 1040. The number of amides is 1. The second-order valence-corrected chi connectivity index (χ2v) is 5.71. The predicted molar refractivity (Wildman–Crippen MR) is 101 cm³/mol. The first kappa shape index (κ1) is 20.0. The van der Waals surface area contributed by atoms with Crippen LogP contribution in [-0.2, 0) is 0 Å². The quantitative estimate of drug-likeness (QED) is 0.550. The van der Waals surface area contributed by atoms with Gasteiger partial charge in [-0.25, -0.2) is 8.78 Å². The van der Waals surface area contributed by atoms with E-state index in [0.717, 1.165) is 12.1 Å². The summed E-state index contributed by atoms with van der Waals surface area (Å²) in [6, 6.07) is 7.96. The van der Waals surface area contributed by atoms with Crippen molar-refractivity contribution in [3.8, 4) is 0 Å². The van der Waals surface area contributed by atoms with Crippen molar-refractivity contribution in [2.75, 3.05) is 6.61 Å². The third-order valence-electron chi connectivity index (χ3n) is 4.00. The summed E-state index contributed by atoms with van der Waals surface area (Å²) in [6.07, 6.45) is 1.43. The Kier molecular flexibility index (Phi) is 6.20. The molecule has 0 aromatic heterocycles. The van der Waals surface area contributed by atoms with Crippen molar-refractivity contribution < 1.29 is 18.7 Å². The SMILES string of the molecule is C=C/C(CO)=c1/ccc(C(=O)N=C(N)N)c/c1=C(/C)c1c(F)cccc1F. The van der Waals surface area contributed by atoms with Crippen LogP contribution in [0.25, 0.3) is 11.1 Å². The fourth-order valence-corrected chi connectivity index (χ4v) is 2.70. The molecule has 0 spiro atoms. The van der Waals surface area contributed by atoms with E-state index in [1.807, 2.05) is 0 Å². The summed E-state index contributed by atoms with van der Waals surface area (Å²) in [5, 5.41) is 10.4. The Hall–Kier alpha value is -3.32.